The summed E-state index contributed by atoms with van der Waals surface area (Å²) in [5, 5.41) is 11.2. The molecule has 5 nitrogen and oxygen atoms in total. The molecule has 0 saturated heterocycles. The van der Waals surface area contributed by atoms with E-state index in [0.29, 0.717) is 6.42 Å². The van der Waals surface area contributed by atoms with Gasteiger partial charge in [-0.2, -0.15) is 0 Å². The first-order valence-electron chi connectivity index (χ1n) is 5.54. The zero-order valence-electron chi connectivity index (χ0n) is 9.94. The van der Waals surface area contributed by atoms with Crippen molar-refractivity contribution in [3.8, 4) is 0 Å². The number of rotatable bonds is 5. The van der Waals surface area contributed by atoms with E-state index in [4.69, 9.17) is 10.8 Å². The van der Waals surface area contributed by atoms with Crippen molar-refractivity contribution < 1.29 is 19.1 Å². The van der Waals surface area contributed by atoms with Crippen molar-refractivity contribution in [2.24, 2.45) is 11.7 Å². The van der Waals surface area contributed by atoms with Crippen LogP contribution in [0.5, 0.6) is 0 Å². The molecule has 0 spiro atoms. The van der Waals surface area contributed by atoms with Gasteiger partial charge in [-0.25, -0.2) is 9.18 Å². The number of carbonyl (C=O) groups is 2. The Morgan fingerprint density at radius 2 is 2.17 bits per heavy atom. The summed E-state index contributed by atoms with van der Waals surface area (Å²) in [6, 6.07) is 3.59. The summed E-state index contributed by atoms with van der Waals surface area (Å²) in [6.07, 6.45) is 0.499. The fraction of sp³-hybridized carbons (Fsp3) is 0.333. The fourth-order valence-corrected chi connectivity index (χ4v) is 1.51. The molecule has 0 aliphatic heterocycles. The maximum Gasteiger partial charge on any atom is 0.337 e. The van der Waals surface area contributed by atoms with Crippen LogP contribution in [0.3, 0.4) is 0 Å². The average Bonchev–Trinajstić information content (AvgIpc) is 2.33. The lowest BCUT2D eigenvalue weighted by Gasteiger charge is -2.14. The number of carbonyl (C=O) groups excluding carboxylic acids is 1. The second-order valence-corrected chi connectivity index (χ2v) is 3.80. The Hall–Kier alpha value is -1.95. The average molecular weight is 254 g/mol. The number of aromatic carboxylic acids is 1. The highest BCUT2D eigenvalue weighted by Crippen LogP contribution is 2.21. The van der Waals surface area contributed by atoms with E-state index in [2.05, 4.69) is 5.32 Å². The molecule has 1 amide bonds. The van der Waals surface area contributed by atoms with Crippen LogP contribution in [0.4, 0.5) is 10.1 Å². The van der Waals surface area contributed by atoms with Gasteiger partial charge in [-0.1, -0.05) is 13.0 Å². The summed E-state index contributed by atoms with van der Waals surface area (Å²) < 4.78 is 13.5. The Morgan fingerprint density at radius 1 is 1.50 bits per heavy atom. The Bertz CT molecular complexity index is 459. The third kappa shape index (κ3) is 3.04. The van der Waals surface area contributed by atoms with Gasteiger partial charge in [-0.3, -0.25) is 4.79 Å². The van der Waals surface area contributed by atoms with Crippen molar-refractivity contribution in [2.45, 2.75) is 13.3 Å². The van der Waals surface area contributed by atoms with Gasteiger partial charge in [0.15, 0.2) is 0 Å². The number of nitrogens with two attached hydrogens (primary N) is 1. The van der Waals surface area contributed by atoms with Crippen molar-refractivity contribution in [3.63, 3.8) is 0 Å². The van der Waals surface area contributed by atoms with Gasteiger partial charge in [0.2, 0.25) is 5.91 Å². The largest absolute Gasteiger partial charge is 0.478 e. The molecule has 0 aliphatic carbocycles. The molecule has 0 aromatic heterocycles. The lowest BCUT2D eigenvalue weighted by atomic mass is 10.1. The number of halogens is 1. The smallest absolute Gasteiger partial charge is 0.337 e. The number of hydrogen-bond donors (Lipinski definition) is 3. The molecule has 1 unspecified atom stereocenters. The SMILES string of the molecule is CCC(CN)C(=O)Nc1c(F)cccc1C(=O)O. The van der Waals surface area contributed by atoms with Crippen molar-refractivity contribution in [2.75, 3.05) is 11.9 Å². The predicted octanol–water partition coefficient (Wildman–Crippen LogP) is 1.45. The van der Waals surface area contributed by atoms with Gasteiger partial charge in [-0.15, -0.1) is 0 Å². The Balaban J connectivity index is 3.03. The molecular formula is C12H15FN2O3. The zero-order chi connectivity index (χ0) is 13.7. The number of amides is 1. The molecule has 98 valence electrons. The minimum atomic E-state index is -1.30. The first-order valence-corrected chi connectivity index (χ1v) is 5.54. The molecule has 1 rings (SSSR count). The quantitative estimate of drug-likeness (QED) is 0.741. The third-order valence-corrected chi connectivity index (χ3v) is 2.64. The number of carboxylic acids is 1. The minimum Gasteiger partial charge on any atom is -0.478 e. The first kappa shape index (κ1) is 14.1. The predicted molar refractivity (Wildman–Crippen MR) is 64.8 cm³/mol. The van der Waals surface area contributed by atoms with E-state index in [-0.39, 0.29) is 17.8 Å². The highest BCUT2D eigenvalue weighted by atomic mass is 19.1. The monoisotopic (exact) mass is 254 g/mol. The zero-order valence-corrected chi connectivity index (χ0v) is 9.94. The van der Waals surface area contributed by atoms with Crippen molar-refractivity contribution in [3.05, 3.63) is 29.6 Å². The second kappa shape index (κ2) is 6.11. The Morgan fingerprint density at radius 3 is 2.67 bits per heavy atom. The van der Waals surface area contributed by atoms with E-state index in [0.717, 1.165) is 6.07 Å². The van der Waals surface area contributed by atoms with Gasteiger partial charge < -0.3 is 16.2 Å². The minimum absolute atomic E-state index is 0.124. The van der Waals surface area contributed by atoms with Gasteiger partial charge in [0.1, 0.15) is 5.82 Å². The van der Waals surface area contributed by atoms with Gasteiger partial charge in [0.05, 0.1) is 17.2 Å². The number of anilines is 1. The molecule has 0 radical (unpaired) electrons. The van der Waals surface area contributed by atoms with Crippen LogP contribution >= 0.6 is 0 Å². The molecule has 0 heterocycles. The van der Waals surface area contributed by atoms with Crippen LogP contribution in [0.1, 0.15) is 23.7 Å². The maximum absolute atomic E-state index is 13.5. The van der Waals surface area contributed by atoms with E-state index in [9.17, 15) is 14.0 Å². The van der Waals surface area contributed by atoms with Crippen LogP contribution < -0.4 is 11.1 Å². The normalized spacial score (nSPS) is 11.9. The van der Waals surface area contributed by atoms with E-state index in [1.807, 2.05) is 0 Å². The molecule has 0 fully saturated rings. The number of hydrogen-bond acceptors (Lipinski definition) is 3. The summed E-state index contributed by atoms with van der Waals surface area (Å²) >= 11 is 0. The topological polar surface area (TPSA) is 92.4 Å². The summed E-state index contributed by atoms with van der Waals surface area (Å²) in [6.45, 7) is 1.90. The number of benzene rings is 1. The highest BCUT2D eigenvalue weighted by Gasteiger charge is 2.20. The molecule has 0 aliphatic rings. The molecular weight excluding hydrogens is 239 g/mol. The third-order valence-electron chi connectivity index (χ3n) is 2.64. The van der Waals surface area contributed by atoms with E-state index < -0.39 is 23.6 Å². The van der Waals surface area contributed by atoms with E-state index in [1.165, 1.54) is 12.1 Å². The molecule has 4 N–H and O–H groups in total. The van der Waals surface area contributed by atoms with Crippen molar-refractivity contribution >= 4 is 17.6 Å². The van der Waals surface area contributed by atoms with E-state index in [1.54, 1.807) is 6.92 Å². The Labute approximate surface area is 104 Å². The highest BCUT2D eigenvalue weighted by molar-refractivity contribution is 6.01. The van der Waals surface area contributed by atoms with Gasteiger partial charge in [-0.05, 0) is 18.6 Å². The van der Waals surface area contributed by atoms with Crippen LogP contribution in [0.15, 0.2) is 18.2 Å². The lowest BCUT2D eigenvalue weighted by Crippen LogP contribution is -2.29. The number of nitrogens with one attached hydrogen (secondary N) is 1. The van der Waals surface area contributed by atoms with Gasteiger partial charge in [0, 0.05) is 6.54 Å². The van der Waals surface area contributed by atoms with Crippen LogP contribution in [0, 0.1) is 11.7 Å². The van der Waals surface area contributed by atoms with E-state index >= 15 is 0 Å². The standard InChI is InChI=1S/C12H15FN2O3/c1-2-7(6-14)11(16)15-10-8(12(17)18)4-3-5-9(10)13/h3-5,7H,2,6,14H2,1H3,(H,15,16)(H,17,18). The number of carboxylic acid groups (broad SMARTS) is 1. The molecule has 18 heavy (non-hydrogen) atoms. The van der Waals surface area contributed by atoms with Crippen LogP contribution in [-0.2, 0) is 4.79 Å². The van der Waals surface area contributed by atoms with Crippen LogP contribution in [0.25, 0.3) is 0 Å². The summed E-state index contributed by atoms with van der Waals surface area (Å²) in [5.41, 5.74) is 4.80. The summed E-state index contributed by atoms with van der Waals surface area (Å²) in [7, 11) is 0. The lowest BCUT2D eigenvalue weighted by molar-refractivity contribution is -0.119. The van der Waals surface area contributed by atoms with Gasteiger partial charge >= 0.3 is 5.97 Å². The molecule has 0 bridgehead atoms. The van der Waals surface area contributed by atoms with Gasteiger partial charge in [0.25, 0.3) is 0 Å². The summed E-state index contributed by atoms with van der Waals surface area (Å²) in [5.74, 6) is -3.03. The Kier molecular flexibility index (Phi) is 4.79. The van der Waals surface area contributed by atoms with Crippen LogP contribution in [0.2, 0.25) is 0 Å². The van der Waals surface area contributed by atoms with Crippen molar-refractivity contribution in [1.82, 2.24) is 0 Å². The molecule has 1 atom stereocenters. The molecule has 6 heteroatoms. The van der Waals surface area contributed by atoms with Crippen molar-refractivity contribution in [1.29, 1.82) is 0 Å². The molecule has 0 saturated carbocycles. The first-order chi connectivity index (χ1) is 8.51. The maximum atomic E-state index is 13.5. The fourth-order valence-electron chi connectivity index (χ4n) is 1.51. The summed E-state index contributed by atoms with van der Waals surface area (Å²) in [4.78, 5) is 22.7. The number of para-hydroxylation sites is 1. The molecule has 1 aromatic rings. The van der Waals surface area contributed by atoms with Crippen LogP contribution in [-0.4, -0.2) is 23.5 Å². The molecule has 1 aromatic carbocycles. The second-order valence-electron chi connectivity index (χ2n) is 3.80.